The van der Waals surface area contributed by atoms with Gasteiger partial charge in [0.1, 0.15) is 0 Å². The van der Waals surface area contributed by atoms with E-state index in [0.29, 0.717) is 5.92 Å². The second kappa shape index (κ2) is 8.08. The van der Waals surface area contributed by atoms with E-state index in [1.807, 2.05) is 6.92 Å². The maximum absolute atomic E-state index is 12.2. The molecule has 2 nitrogen and oxygen atoms in total. The molecule has 0 heterocycles. The molecule has 20 heavy (non-hydrogen) atoms. The molecule has 1 N–H and O–H groups in total. The van der Waals surface area contributed by atoms with Crippen LogP contribution in [0.1, 0.15) is 64.5 Å². The Kier molecular flexibility index (Phi) is 6.77. The summed E-state index contributed by atoms with van der Waals surface area (Å²) in [7, 11) is 0. The molecule has 0 aliphatic carbocycles. The van der Waals surface area contributed by atoms with Crippen molar-refractivity contribution >= 4 is 5.91 Å². The van der Waals surface area contributed by atoms with Crippen molar-refractivity contribution in [2.24, 2.45) is 5.92 Å². The van der Waals surface area contributed by atoms with Crippen LogP contribution >= 0.6 is 0 Å². The highest BCUT2D eigenvalue weighted by atomic mass is 16.1. The van der Waals surface area contributed by atoms with Crippen LogP contribution in [-0.2, 0) is 11.2 Å². The number of hydrogen-bond donors (Lipinski definition) is 1. The first-order valence-electron chi connectivity index (χ1n) is 7.83. The largest absolute Gasteiger partial charge is 0.353 e. The molecule has 1 aromatic rings. The minimum absolute atomic E-state index is 0.0811. The lowest BCUT2D eigenvalue weighted by Crippen LogP contribution is -2.35. The Morgan fingerprint density at radius 2 is 1.70 bits per heavy atom. The summed E-state index contributed by atoms with van der Waals surface area (Å²) in [6.07, 6.45) is 3.22. The Hall–Kier alpha value is -1.31. The van der Waals surface area contributed by atoms with Crippen LogP contribution in [-0.4, -0.2) is 11.9 Å². The zero-order valence-electron chi connectivity index (χ0n) is 13.6. The van der Waals surface area contributed by atoms with Crippen LogP contribution in [0.5, 0.6) is 0 Å². The topological polar surface area (TPSA) is 29.1 Å². The highest BCUT2D eigenvalue weighted by Gasteiger charge is 2.16. The van der Waals surface area contributed by atoms with Gasteiger partial charge in [0.2, 0.25) is 5.91 Å². The molecule has 0 spiro atoms. The van der Waals surface area contributed by atoms with Crippen LogP contribution in [0.2, 0.25) is 0 Å². The van der Waals surface area contributed by atoms with E-state index in [1.54, 1.807) is 0 Å². The third kappa shape index (κ3) is 5.36. The molecule has 1 rings (SSSR count). The van der Waals surface area contributed by atoms with Gasteiger partial charge in [-0.3, -0.25) is 4.79 Å². The van der Waals surface area contributed by atoms with Crippen LogP contribution in [0.15, 0.2) is 24.3 Å². The van der Waals surface area contributed by atoms with Crippen molar-refractivity contribution in [3.05, 3.63) is 35.4 Å². The van der Waals surface area contributed by atoms with Gasteiger partial charge in [-0.2, -0.15) is 0 Å². The van der Waals surface area contributed by atoms with Crippen molar-refractivity contribution in [3.63, 3.8) is 0 Å². The van der Waals surface area contributed by atoms with Crippen LogP contribution in [0.3, 0.4) is 0 Å². The van der Waals surface area contributed by atoms with Gasteiger partial charge in [-0.25, -0.2) is 0 Å². The van der Waals surface area contributed by atoms with Crippen molar-refractivity contribution in [1.29, 1.82) is 0 Å². The Balaban J connectivity index is 2.62. The average Bonchev–Trinajstić information content (AvgIpc) is 2.38. The van der Waals surface area contributed by atoms with Crippen LogP contribution in [0.4, 0.5) is 0 Å². The summed E-state index contributed by atoms with van der Waals surface area (Å²) in [6.45, 7) is 10.6. The molecule has 0 aromatic heterocycles. The number of benzene rings is 1. The van der Waals surface area contributed by atoms with E-state index in [-0.39, 0.29) is 17.9 Å². The summed E-state index contributed by atoms with van der Waals surface area (Å²) in [5.41, 5.74) is 2.44. The van der Waals surface area contributed by atoms with E-state index < -0.39 is 0 Å². The Labute approximate surface area is 124 Å². The molecule has 0 aliphatic heterocycles. The third-order valence-electron chi connectivity index (χ3n) is 3.63. The first-order chi connectivity index (χ1) is 9.43. The SMILES string of the molecule is CCC[C@@H](C)NC(=O)[C@H](C)c1ccc(CC(C)C)cc1. The zero-order valence-corrected chi connectivity index (χ0v) is 13.6. The van der Waals surface area contributed by atoms with Gasteiger partial charge in [0, 0.05) is 6.04 Å². The fraction of sp³-hybridized carbons (Fsp3) is 0.611. The monoisotopic (exact) mass is 275 g/mol. The van der Waals surface area contributed by atoms with Crippen molar-refractivity contribution < 1.29 is 4.79 Å². The lowest BCUT2D eigenvalue weighted by Gasteiger charge is -2.17. The number of nitrogens with one attached hydrogen (secondary N) is 1. The van der Waals surface area contributed by atoms with E-state index in [0.717, 1.165) is 24.8 Å². The molecule has 112 valence electrons. The highest BCUT2D eigenvalue weighted by molar-refractivity contribution is 5.83. The maximum Gasteiger partial charge on any atom is 0.227 e. The molecule has 1 aromatic carbocycles. The van der Waals surface area contributed by atoms with Gasteiger partial charge >= 0.3 is 0 Å². The average molecular weight is 275 g/mol. The van der Waals surface area contributed by atoms with Gasteiger partial charge in [-0.1, -0.05) is 51.5 Å². The highest BCUT2D eigenvalue weighted by Crippen LogP contribution is 2.18. The van der Waals surface area contributed by atoms with Crippen molar-refractivity contribution in [1.82, 2.24) is 5.32 Å². The van der Waals surface area contributed by atoms with E-state index in [4.69, 9.17) is 0 Å². The van der Waals surface area contributed by atoms with Crippen LogP contribution < -0.4 is 5.32 Å². The fourth-order valence-electron chi connectivity index (χ4n) is 2.44. The van der Waals surface area contributed by atoms with Gasteiger partial charge in [-0.15, -0.1) is 0 Å². The summed E-state index contributed by atoms with van der Waals surface area (Å²) in [4.78, 5) is 12.2. The van der Waals surface area contributed by atoms with Crippen molar-refractivity contribution in [2.45, 2.75) is 65.8 Å². The summed E-state index contributed by atoms with van der Waals surface area (Å²) in [5.74, 6) is 0.710. The first kappa shape index (κ1) is 16.7. The number of hydrogen-bond acceptors (Lipinski definition) is 1. The lowest BCUT2D eigenvalue weighted by atomic mass is 9.96. The smallest absolute Gasteiger partial charge is 0.227 e. The van der Waals surface area contributed by atoms with Crippen molar-refractivity contribution in [2.75, 3.05) is 0 Å². The molecule has 2 heteroatoms. The van der Waals surface area contributed by atoms with Gasteiger partial charge in [-0.05, 0) is 43.7 Å². The molecule has 0 fully saturated rings. The minimum atomic E-state index is -0.0811. The van der Waals surface area contributed by atoms with Gasteiger partial charge in [0.05, 0.1) is 5.92 Å². The molecule has 2 atom stereocenters. The summed E-state index contributed by atoms with van der Waals surface area (Å²) < 4.78 is 0. The number of amides is 1. The molecule has 0 radical (unpaired) electrons. The van der Waals surface area contributed by atoms with E-state index in [1.165, 1.54) is 5.56 Å². The van der Waals surface area contributed by atoms with Crippen molar-refractivity contribution in [3.8, 4) is 0 Å². The third-order valence-corrected chi connectivity index (χ3v) is 3.63. The summed E-state index contributed by atoms with van der Waals surface area (Å²) in [6, 6.07) is 8.73. The predicted molar refractivity (Wildman–Crippen MR) is 85.9 cm³/mol. The number of carbonyl (C=O) groups is 1. The standard InChI is InChI=1S/C18H29NO/c1-6-7-14(4)19-18(20)15(5)17-10-8-16(9-11-17)12-13(2)3/h8-11,13-15H,6-7,12H2,1-5H3,(H,19,20)/t14-,15-/m1/s1. The fourth-order valence-corrected chi connectivity index (χ4v) is 2.44. The summed E-state index contributed by atoms with van der Waals surface area (Å²) >= 11 is 0. The van der Waals surface area contributed by atoms with Crippen LogP contribution in [0.25, 0.3) is 0 Å². The first-order valence-corrected chi connectivity index (χ1v) is 7.83. The molecule has 0 bridgehead atoms. The number of rotatable bonds is 7. The number of carbonyl (C=O) groups excluding carboxylic acids is 1. The normalized spacial score (nSPS) is 14.1. The Morgan fingerprint density at radius 3 is 2.20 bits per heavy atom. The lowest BCUT2D eigenvalue weighted by molar-refractivity contribution is -0.122. The molecule has 0 saturated carbocycles. The second-order valence-corrected chi connectivity index (χ2v) is 6.26. The molecule has 1 amide bonds. The zero-order chi connectivity index (χ0) is 15.1. The Morgan fingerprint density at radius 1 is 1.10 bits per heavy atom. The molecule has 0 unspecified atom stereocenters. The predicted octanol–water partition coefficient (Wildman–Crippen LogP) is 4.29. The van der Waals surface area contributed by atoms with Crippen LogP contribution in [0, 0.1) is 5.92 Å². The summed E-state index contributed by atoms with van der Waals surface area (Å²) in [5, 5.41) is 3.09. The van der Waals surface area contributed by atoms with Gasteiger partial charge in [0.15, 0.2) is 0 Å². The second-order valence-electron chi connectivity index (χ2n) is 6.26. The maximum atomic E-state index is 12.2. The van der Waals surface area contributed by atoms with Gasteiger partial charge < -0.3 is 5.32 Å². The Bertz CT molecular complexity index is 408. The van der Waals surface area contributed by atoms with E-state index in [9.17, 15) is 4.79 Å². The van der Waals surface area contributed by atoms with Gasteiger partial charge in [0.25, 0.3) is 0 Å². The van der Waals surface area contributed by atoms with E-state index in [2.05, 4.69) is 57.3 Å². The molecular weight excluding hydrogens is 246 g/mol. The molecule has 0 aliphatic rings. The molecular formula is C18H29NO. The minimum Gasteiger partial charge on any atom is -0.353 e. The van der Waals surface area contributed by atoms with E-state index >= 15 is 0 Å². The quantitative estimate of drug-likeness (QED) is 0.790. The molecule has 0 saturated heterocycles.